The van der Waals surface area contributed by atoms with E-state index in [0.29, 0.717) is 5.92 Å². The molecule has 2 aliphatic carbocycles. The van der Waals surface area contributed by atoms with Gasteiger partial charge in [0.25, 0.3) is 0 Å². The first-order valence-electron chi connectivity index (χ1n) is 6.94. The third-order valence-electron chi connectivity index (χ3n) is 6.03. The van der Waals surface area contributed by atoms with Crippen LogP contribution >= 0.6 is 0 Å². The zero-order valence-electron chi connectivity index (χ0n) is 11.0. The highest BCUT2D eigenvalue weighted by Crippen LogP contribution is 2.66. The highest BCUT2D eigenvalue weighted by Gasteiger charge is 2.68. The van der Waals surface area contributed by atoms with E-state index in [2.05, 4.69) is 26.5 Å². The molecule has 0 aromatic rings. The lowest BCUT2D eigenvalue weighted by atomic mass is 9.54. The van der Waals surface area contributed by atoms with Gasteiger partial charge in [0.1, 0.15) is 5.60 Å². The number of aliphatic hydroxyl groups excluding tert-OH is 1. The van der Waals surface area contributed by atoms with E-state index < -0.39 is 0 Å². The van der Waals surface area contributed by atoms with Crippen LogP contribution in [0.1, 0.15) is 46.0 Å². The van der Waals surface area contributed by atoms with Gasteiger partial charge >= 0.3 is 0 Å². The molecule has 0 radical (unpaired) electrons. The maximum absolute atomic E-state index is 10.9. The minimum absolute atomic E-state index is 0.0205. The van der Waals surface area contributed by atoms with Crippen molar-refractivity contribution in [1.82, 2.24) is 0 Å². The quantitative estimate of drug-likeness (QED) is 0.709. The van der Waals surface area contributed by atoms with E-state index in [9.17, 15) is 5.11 Å². The van der Waals surface area contributed by atoms with Crippen LogP contribution in [0, 0.1) is 16.7 Å². The average Bonchev–Trinajstić information content (AvgIpc) is 2.94. The summed E-state index contributed by atoms with van der Waals surface area (Å²) in [6.45, 7) is 9.29. The Labute approximate surface area is 104 Å². The Morgan fingerprint density at radius 1 is 1.35 bits per heavy atom. The minimum atomic E-state index is -0.350. The van der Waals surface area contributed by atoms with Gasteiger partial charge in [-0.25, -0.2) is 0 Å². The highest BCUT2D eigenvalue weighted by atomic mass is 16.5. The summed E-state index contributed by atoms with van der Waals surface area (Å²) in [5, 5.41) is 10.9. The van der Waals surface area contributed by atoms with Crippen molar-refractivity contribution in [2.45, 2.75) is 57.7 Å². The topological polar surface area (TPSA) is 29.5 Å². The first kappa shape index (κ1) is 11.7. The smallest absolute Gasteiger partial charge is 0.104 e. The first-order chi connectivity index (χ1) is 7.98. The molecule has 1 aliphatic heterocycles. The van der Waals surface area contributed by atoms with E-state index in [1.807, 2.05) is 0 Å². The largest absolute Gasteiger partial charge is 0.390 e. The molecule has 2 bridgehead atoms. The van der Waals surface area contributed by atoms with Crippen molar-refractivity contribution in [3.8, 4) is 0 Å². The summed E-state index contributed by atoms with van der Waals surface area (Å²) in [7, 11) is 0. The Kier molecular flexibility index (Phi) is 2.32. The lowest BCUT2D eigenvalue weighted by Crippen LogP contribution is -2.63. The van der Waals surface area contributed by atoms with E-state index in [0.717, 1.165) is 32.3 Å². The molecule has 96 valence electrons. The molecule has 0 amide bonds. The van der Waals surface area contributed by atoms with Gasteiger partial charge in [-0.3, -0.25) is 0 Å². The summed E-state index contributed by atoms with van der Waals surface area (Å²) in [6.07, 6.45) is 7.32. The Hall–Kier alpha value is -0.340. The van der Waals surface area contributed by atoms with Gasteiger partial charge in [-0.05, 0) is 43.4 Å². The second-order valence-corrected chi connectivity index (χ2v) is 6.87. The Morgan fingerprint density at radius 2 is 2.12 bits per heavy atom. The Balaban J connectivity index is 2.11. The highest BCUT2D eigenvalue weighted by molar-refractivity contribution is 5.23. The number of rotatable bonds is 1. The molecule has 3 aliphatic rings. The van der Waals surface area contributed by atoms with Crippen LogP contribution in [-0.4, -0.2) is 23.4 Å². The molecule has 3 fully saturated rings. The zero-order valence-corrected chi connectivity index (χ0v) is 11.0. The van der Waals surface area contributed by atoms with Crippen LogP contribution in [0.3, 0.4) is 0 Å². The first-order valence-corrected chi connectivity index (χ1v) is 6.94. The third-order valence-corrected chi connectivity index (χ3v) is 6.03. The number of aliphatic hydroxyl groups is 1. The molecule has 0 aromatic heterocycles. The standard InChI is InChI=1S/C15H24O2/c1-4-14-8-6-11(10-14)13(2,3)12(16)15(14)7-5-9-17-15/h4,11-12,16H,1,5-10H2,2-3H3/t11-,12-,14+,15-/m0/s1. The summed E-state index contributed by atoms with van der Waals surface area (Å²) in [4.78, 5) is 0. The van der Waals surface area contributed by atoms with Gasteiger partial charge in [-0.15, -0.1) is 6.58 Å². The van der Waals surface area contributed by atoms with Gasteiger partial charge in [0, 0.05) is 12.0 Å². The summed E-state index contributed by atoms with van der Waals surface area (Å²) in [5.74, 6) is 0.616. The second-order valence-electron chi connectivity index (χ2n) is 6.87. The van der Waals surface area contributed by atoms with E-state index in [-0.39, 0.29) is 22.5 Å². The molecule has 0 aromatic carbocycles. The van der Waals surface area contributed by atoms with Crippen LogP contribution in [0.25, 0.3) is 0 Å². The third kappa shape index (κ3) is 1.18. The summed E-state index contributed by atoms with van der Waals surface area (Å²) in [6, 6.07) is 0. The number of hydrogen-bond donors (Lipinski definition) is 1. The van der Waals surface area contributed by atoms with E-state index in [1.54, 1.807) is 0 Å². The maximum atomic E-state index is 10.9. The molecule has 1 heterocycles. The minimum Gasteiger partial charge on any atom is -0.390 e. The predicted octanol–water partition coefficient (Wildman–Crippen LogP) is 2.91. The Bertz CT molecular complexity index is 341. The monoisotopic (exact) mass is 236 g/mol. The molecule has 1 N–H and O–H groups in total. The van der Waals surface area contributed by atoms with E-state index in [4.69, 9.17) is 4.74 Å². The zero-order chi connectivity index (χ0) is 12.3. The molecular formula is C15H24O2. The summed E-state index contributed by atoms with van der Waals surface area (Å²) in [5.41, 5.74) is -0.332. The van der Waals surface area contributed by atoms with Crippen LogP contribution < -0.4 is 0 Å². The fraction of sp³-hybridized carbons (Fsp3) is 0.867. The maximum Gasteiger partial charge on any atom is 0.104 e. The summed E-state index contributed by atoms with van der Waals surface area (Å²) < 4.78 is 6.13. The molecular weight excluding hydrogens is 212 g/mol. The molecule has 2 heteroatoms. The SMILES string of the molecule is C=C[C@@]12CC[C@@H](C1)C(C)(C)[C@H](O)[C@@]21CCCO1. The normalized spacial score (nSPS) is 51.9. The van der Waals surface area contributed by atoms with Gasteiger partial charge in [-0.1, -0.05) is 19.9 Å². The van der Waals surface area contributed by atoms with E-state index >= 15 is 0 Å². The van der Waals surface area contributed by atoms with Crippen molar-refractivity contribution in [3.63, 3.8) is 0 Å². The predicted molar refractivity (Wildman–Crippen MR) is 67.7 cm³/mol. The number of ether oxygens (including phenoxy) is 1. The molecule has 0 unspecified atom stereocenters. The van der Waals surface area contributed by atoms with Crippen molar-refractivity contribution < 1.29 is 9.84 Å². The van der Waals surface area contributed by atoms with Crippen molar-refractivity contribution >= 4 is 0 Å². The second kappa shape index (κ2) is 3.36. The Morgan fingerprint density at radius 3 is 2.71 bits per heavy atom. The fourth-order valence-electron chi connectivity index (χ4n) is 4.82. The van der Waals surface area contributed by atoms with Gasteiger partial charge in [0.05, 0.1) is 6.10 Å². The van der Waals surface area contributed by atoms with Crippen LogP contribution in [-0.2, 0) is 4.74 Å². The lowest BCUT2D eigenvalue weighted by molar-refractivity contribution is -0.213. The molecule has 17 heavy (non-hydrogen) atoms. The van der Waals surface area contributed by atoms with Crippen molar-refractivity contribution in [3.05, 3.63) is 12.7 Å². The summed E-state index contributed by atoms with van der Waals surface area (Å²) >= 11 is 0. The van der Waals surface area contributed by atoms with Gasteiger partial charge < -0.3 is 9.84 Å². The molecule has 3 rings (SSSR count). The van der Waals surface area contributed by atoms with Gasteiger partial charge in [0.15, 0.2) is 0 Å². The molecule has 2 saturated carbocycles. The van der Waals surface area contributed by atoms with Crippen LogP contribution in [0.5, 0.6) is 0 Å². The molecule has 4 atom stereocenters. The van der Waals surface area contributed by atoms with Crippen molar-refractivity contribution in [2.75, 3.05) is 6.61 Å². The van der Waals surface area contributed by atoms with Gasteiger partial charge in [0.2, 0.25) is 0 Å². The van der Waals surface area contributed by atoms with Crippen molar-refractivity contribution in [2.24, 2.45) is 16.7 Å². The van der Waals surface area contributed by atoms with Crippen molar-refractivity contribution in [1.29, 1.82) is 0 Å². The molecule has 1 saturated heterocycles. The van der Waals surface area contributed by atoms with Gasteiger partial charge in [-0.2, -0.15) is 0 Å². The number of fused-ring (bicyclic) bond motifs is 3. The molecule has 2 nitrogen and oxygen atoms in total. The number of hydrogen-bond acceptors (Lipinski definition) is 2. The molecule has 1 spiro atoms. The lowest BCUT2D eigenvalue weighted by Gasteiger charge is -2.56. The van der Waals surface area contributed by atoms with Crippen LogP contribution in [0.2, 0.25) is 0 Å². The van der Waals surface area contributed by atoms with Crippen LogP contribution in [0.4, 0.5) is 0 Å². The average molecular weight is 236 g/mol. The van der Waals surface area contributed by atoms with Crippen LogP contribution in [0.15, 0.2) is 12.7 Å². The fourth-order valence-corrected chi connectivity index (χ4v) is 4.82. The van der Waals surface area contributed by atoms with E-state index in [1.165, 1.54) is 6.42 Å².